The predicted octanol–water partition coefficient (Wildman–Crippen LogP) is 4.62. The Labute approximate surface area is 278 Å². The van der Waals surface area contributed by atoms with Gasteiger partial charge in [-0.2, -0.15) is 0 Å². The van der Waals surface area contributed by atoms with E-state index in [2.05, 4.69) is 24.1 Å². The SMILES string of the molecule is CCCC(CO)C1CC(CC2CC[NH2+]C(N)C2)CC2C#CC(C3CCCCC3)C3CC(O)C(OC)CC3CCC(=O)CC(=O)C2C1. The second kappa shape index (κ2) is 17.4. The molecule has 12 unspecified atom stereocenters. The zero-order valence-corrected chi connectivity index (χ0v) is 28.9. The minimum atomic E-state index is -0.506. The molecule has 12 atom stereocenters. The molecule has 0 bridgehead atoms. The molecule has 4 aliphatic carbocycles. The molecule has 3 saturated carbocycles. The summed E-state index contributed by atoms with van der Waals surface area (Å²) < 4.78 is 5.72. The van der Waals surface area contributed by atoms with Crippen LogP contribution in [0.5, 0.6) is 0 Å². The molecule has 0 amide bonds. The molecular weight excluding hydrogens is 576 g/mol. The van der Waals surface area contributed by atoms with E-state index in [-0.39, 0.29) is 78.3 Å². The summed E-state index contributed by atoms with van der Waals surface area (Å²) in [6.07, 6.45) is 16.1. The number of carbonyl (C=O) groups excluding carboxylic acids is 2. The maximum Gasteiger partial charge on any atom is 0.144 e. The number of piperidine rings is 1. The second-order valence-electron chi connectivity index (χ2n) is 16.3. The highest BCUT2D eigenvalue weighted by Gasteiger charge is 2.44. The van der Waals surface area contributed by atoms with Crippen molar-refractivity contribution < 1.29 is 29.9 Å². The molecule has 0 aromatic rings. The zero-order valence-electron chi connectivity index (χ0n) is 28.9. The summed E-state index contributed by atoms with van der Waals surface area (Å²) in [5.74, 6) is 10.2. The Hall–Kier alpha value is -1.30. The van der Waals surface area contributed by atoms with Crippen molar-refractivity contribution in [3.8, 4) is 11.8 Å². The first-order valence-electron chi connectivity index (χ1n) is 19.3. The Balaban J connectivity index is 1.52. The molecule has 260 valence electrons. The molecule has 0 aromatic carbocycles. The van der Waals surface area contributed by atoms with E-state index in [0.29, 0.717) is 30.6 Å². The number of hydrogen-bond donors (Lipinski definition) is 4. The highest BCUT2D eigenvalue weighted by Crippen LogP contribution is 2.47. The number of aliphatic hydroxyl groups is 2. The number of quaternary nitrogens is 1. The Kier molecular flexibility index (Phi) is 13.6. The summed E-state index contributed by atoms with van der Waals surface area (Å²) >= 11 is 0. The monoisotopic (exact) mass is 641 g/mol. The highest BCUT2D eigenvalue weighted by atomic mass is 16.5. The lowest BCUT2D eigenvalue weighted by atomic mass is 9.63. The smallest absolute Gasteiger partial charge is 0.144 e. The molecule has 0 radical (unpaired) electrons. The van der Waals surface area contributed by atoms with Crippen molar-refractivity contribution in [2.24, 2.45) is 64.9 Å². The van der Waals surface area contributed by atoms with Gasteiger partial charge < -0.3 is 20.3 Å². The number of ether oxygens (including phenoxy) is 1. The number of ketones is 2. The summed E-state index contributed by atoms with van der Waals surface area (Å²) in [5.41, 5.74) is 6.39. The van der Waals surface area contributed by atoms with Crippen LogP contribution in [0, 0.1) is 71.0 Å². The van der Waals surface area contributed by atoms with Crippen molar-refractivity contribution in [2.75, 3.05) is 20.3 Å². The van der Waals surface area contributed by atoms with Crippen LogP contribution in [0.1, 0.15) is 122 Å². The van der Waals surface area contributed by atoms with E-state index in [1.165, 1.54) is 38.5 Å². The summed E-state index contributed by atoms with van der Waals surface area (Å²) in [6, 6.07) is 0. The van der Waals surface area contributed by atoms with Crippen LogP contribution in [0.2, 0.25) is 0 Å². The molecule has 46 heavy (non-hydrogen) atoms. The molecule has 7 heteroatoms. The number of carbonyl (C=O) groups is 2. The fraction of sp³-hybridized carbons (Fsp3) is 0.897. The molecular formula is C39H65N2O5+. The summed E-state index contributed by atoms with van der Waals surface area (Å²) in [6.45, 7) is 3.41. The number of Topliss-reactive ketones (excluding diaryl/α,β-unsaturated/α-hetero) is 2. The molecule has 0 spiro atoms. The van der Waals surface area contributed by atoms with Gasteiger partial charge in [-0.3, -0.25) is 15.3 Å². The third-order valence-electron chi connectivity index (χ3n) is 13.2. The van der Waals surface area contributed by atoms with Crippen LogP contribution < -0.4 is 11.1 Å². The quantitative estimate of drug-likeness (QED) is 0.227. The van der Waals surface area contributed by atoms with Gasteiger partial charge in [-0.05, 0) is 112 Å². The number of methoxy groups -OCH3 is 1. The number of aliphatic hydroxyl groups excluding tert-OH is 2. The Morgan fingerprint density at radius 2 is 1.76 bits per heavy atom. The Morgan fingerprint density at radius 1 is 0.957 bits per heavy atom. The fourth-order valence-electron chi connectivity index (χ4n) is 10.7. The molecule has 0 aromatic heterocycles. The van der Waals surface area contributed by atoms with Crippen LogP contribution in [-0.2, 0) is 14.3 Å². The Morgan fingerprint density at radius 3 is 2.48 bits per heavy atom. The van der Waals surface area contributed by atoms with E-state index in [1.807, 2.05) is 0 Å². The first-order valence-corrected chi connectivity index (χ1v) is 19.3. The number of fused-ring (bicyclic) bond motifs is 2. The molecule has 5 aliphatic rings. The lowest BCUT2D eigenvalue weighted by Crippen LogP contribution is -2.94. The van der Waals surface area contributed by atoms with E-state index in [4.69, 9.17) is 10.5 Å². The molecule has 1 saturated heterocycles. The third kappa shape index (κ3) is 9.23. The van der Waals surface area contributed by atoms with Crippen molar-refractivity contribution in [3.63, 3.8) is 0 Å². The lowest BCUT2D eigenvalue weighted by molar-refractivity contribution is -0.699. The topological polar surface area (TPSA) is 126 Å². The van der Waals surface area contributed by atoms with Crippen molar-refractivity contribution in [1.82, 2.24) is 0 Å². The van der Waals surface area contributed by atoms with Crippen LogP contribution in [0.25, 0.3) is 0 Å². The normalized spacial score (nSPS) is 40.7. The van der Waals surface area contributed by atoms with E-state index < -0.39 is 6.10 Å². The maximum atomic E-state index is 14.2. The minimum absolute atomic E-state index is 0.00485. The first kappa shape index (κ1) is 36.0. The van der Waals surface area contributed by atoms with Gasteiger partial charge in [0.2, 0.25) is 0 Å². The van der Waals surface area contributed by atoms with Crippen LogP contribution >= 0.6 is 0 Å². The minimum Gasteiger partial charge on any atom is -0.396 e. The molecule has 1 heterocycles. The fourth-order valence-corrected chi connectivity index (χ4v) is 10.7. The van der Waals surface area contributed by atoms with Gasteiger partial charge in [0.1, 0.15) is 17.7 Å². The van der Waals surface area contributed by atoms with E-state index >= 15 is 0 Å². The maximum absolute atomic E-state index is 14.2. The van der Waals surface area contributed by atoms with E-state index in [9.17, 15) is 19.8 Å². The first-order chi connectivity index (χ1) is 22.3. The third-order valence-corrected chi connectivity index (χ3v) is 13.2. The van der Waals surface area contributed by atoms with Gasteiger partial charge in [0.25, 0.3) is 0 Å². The predicted molar refractivity (Wildman–Crippen MR) is 180 cm³/mol. The zero-order chi connectivity index (χ0) is 32.6. The van der Waals surface area contributed by atoms with Gasteiger partial charge >= 0.3 is 0 Å². The van der Waals surface area contributed by atoms with Crippen LogP contribution in [0.4, 0.5) is 0 Å². The Bertz CT molecular complexity index is 1050. The van der Waals surface area contributed by atoms with Gasteiger partial charge in [-0.15, -0.1) is 0 Å². The van der Waals surface area contributed by atoms with Crippen molar-refractivity contribution in [3.05, 3.63) is 0 Å². The number of nitrogens with two attached hydrogens (primary N) is 2. The van der Waals surface area contributed by atoms with Crippen LogP contribution in [0.15, 0.2) is 0 Å². The number of rotatable bonds is 8. The average Bonchev–Trinajstić information content (AvgIpc) is 3.22. The molecule has 5 rings (SSSR count). The summed E-state index contributed by atoms with van der Waals surface area (Å²) in [5, 5.41) is 24.0. The molecule has 7 nitrogen and oxygen atoms in total. The van der Waals surface area contributed by atoms with Gasteiger partial charge in [0.05, 0.1) is 25.2 Å². The highest BCUT2D eigenvalue weighted by molar-refractivity contribution is 6.00. The van der Waals surface area contributed by atoms with Gasteiger partial charge in [0.15, 0.2) is 0 Å². The summed E-state index contributed by atoms with van der Waals surface area (Å²) in [4.78, 5) is 27.6. The standard InChI is InChI=1S/C39H64N2O5/c1-3-7-30(24-42)31-18-26(16-25-14-15-41-39(40)19-25)17-28-11-13-33(27-8-5-4-6-9-27)34-23-37(45)38(46-2)21-29(34)10-12-32(43)22-36(44)35(28)20-31/h25-31,33-35,37-39,41-42,45H,3-10,12,14-24,40H2,1-2H3/p+1. The van der Waals surface area contributed by atoms with Crippen molar-refractivity contribution >= 4 is 11.6 Å². The van der Waals surface area contributed by atoms with E-state index in [0.717, 1.165) is 64.3 Å². The molecule has 1 aliphatic heterocycles. The largest absolute Gasteiger partial charge is 0.396 e. The van der Waals surface area contributed by atoms with E-state index in [1.54, 1.807) is 7.11 Å². The van der Waals surface area contributed by atoms with Gasteiger partial charge in [-0.1, -0.05) is 44.4 Å². The molecule has 4 fully saturated rings. The lowest BCUT2D eigenvalue weighted by Gasteiger charge is -2.44. The van der Waals surface area contributed by atoms with Crippen LogP contribution in [-0.4, -0.2) is 60.4 Å². The van der Waals surface area contributed by atoms with Crippen molar-refractivity contribution in [2.45, 2.75) is 141 Å². The summed E-state index contributed by atoms with van der Waals surface area (Å²) in [7, 11) is 1.68. The van der Waals surface area contributed by atoms with Crippen molar-refractivity contribution in [1.29, 1.82) is 0 Å². The van der Waals surface area contributed by atoms with Gasteiger partial charge in [-0.25, -0.2) is 0 Å². The second-order valence-corrected chi connectivity index (χ2v) is 16.3. The van der Waals surface area contributed by atoms with Crippen LogP contribution in [0.3, 0.4) is 0 Å². The average molecular weight is 642 g/mol. The molecule has 6 N–H and O–H groups in total. The number of hydrogen-bond acceptors (Lipinski definition) is 6. The van der Waals surface area contributed by atoms with Gasteiger partial charge in [0, 0.05) is 44.3 Å².